The van der Waals surface area contributed by atoms with Crippen molar-refractivity contribution in [2.24, 2.45) is 5.92 Å². The van der Waals surface area contributed by atoms with Gasteiger partial charge in [-0.3, -0.25) is 4.79 Å². The molecule has 0 saturated heterocycles. The van der Waals surface area contributed by atoms with Gasteiger partial charge < -0.3 is 10.6 Å². The van der Waals surface area contributed by atoms with E-state index in [2.05, 4.69) is 21.7 Å². The smallest absolute Gasteiger partial charge is 0.230 e. The molecule has 1 unspecified atom stereocenters. The zero-order valence-electron chi connectivity index (χ0n) is 11.4. The van der Waals surface area contributed by atoms with Crippen LogP contribution in [0.4, 0.5) is 11.5 Å². The van der Waals surface area contributed by atoms with Gasteiger partial charge in [0.05, 0.1) is 5.92 Å². The van der Waals surface area contributed by atoms with E-state index in [9.17, 15) is 4.79 Å². The zero-order valence-corrected chi connectivity index (χ0v) is 11.4. The summed E-state index contributed by atoms with van der Waals surface area (Å²) in [6.07, 6.45) is 2.46. The summed E-state index contributed by atoms with van der Waals surface area (Å²) < 4.78 is 0. The third-order valence-electron chi connectivity index (χ3n) is 3.64. The Morgan fingerprint density at radius 3 is 3.00 bits per heavy atom. The number of amides is 1. The quantitative estimate of drug-likeness (QED) is 0.879. The van der Waals surface area contributed by atoms with Crippen molar-refractivity contribution in [1.82, 2.24) is 4.98 Å². The summed E-state index contributed by atoms with van der Waals surface area (Å²) in [5, 5.41) is 6.23. The van der Waals surface area contributed by atoms with Crippen LogP contribution in [0.2, 0.25) is 0 Å². The van der Waals surface area contributed by atoms with Crippen LogP contribution in [0.15, 0.2) is 42.6 Å². The highest BCUT2D eigenvalue weighted by atomic mass is 16.2. The van der Waals surface area contributed by atoms with Crippen LogP contribution in [0, 0.1) is 12.8 Å². The summed E-state index contributed by atoms with van der Waals surface area (Å²) in [4.78, 5) is 16.5. The second-order valence-electron chi connectivity index (χ2n) is 5.10. The van der Waals surface area contributed by atoms with Crippen LogP contribution >= 0.6 is 0 Å². The first-order valence-corrected chi connectivity index (χ1v) is 6.78. The highest BCUT2D eigenvalue weighted by molar-refractivity contribution is 5.93. The molecule has 20 heavy (non-hydrogen) atoms. The maximum atomic E-state index is 12.3. The van der Waals surface area contributed by atoms with Crippen molar-refractivity contribution >= 4 is 17.4 Å². The van der Waals surface area contributed by atoms with E-state index in [4.69, 9.17) is 0 Å². The van der Waals surface area contributed by atoms with Gasteiger partial charge in [-0.1, -0.05) is 24.3 Å². The minimum Gasteiger partial charge on any atom is -0.384 e. The Morgan fingerprint density at radius 1 is 1.30 bits per heavy atom. The van der Waals surface area contributed by atoms with Crippen LogP contribution in [-0.2, 0) is 11.2 Å². The number of fused-ring (bicyclic) bond motifs is 1. The topological polar surface area (TPSA) is 54.0 Å². The predicted octanol–water partition coefficient (Wildman–Crippen LogP) is 2.61. The Balaban J connectivity index is 1.72. The van der Waals surface area contributed by atoms with Gasteiger partial charge in [-0.25, -0.2) is 4.98 Å². The SMILES string of the molecule is Cc1cccnc1NC(=O)C1CNc2ccccc2C1. The monoisotopic (exact) mass is 267 g/mol. The largest absolute Gasteiger partial charge is 0.384 e. The highest BCUT2D eigenvalue weighted by Gasteiger charge is 2.24. The Kier molecular flexibility index (Phi) is 3.37. The van der Waals surface area contributed by atoms with E-state index in [1.165, 1.54) is 5.56 Å². The number of para-hydroxylation sites is 1. The van der Waals surface area contributed by atoms with Gasteiger partial charge in [-0.15, -0.1) is 0 Å². The number of carbonyl (C=O) groups is 1. The fourth-order valence-corrected chi connectivity index (χ4v) is 2.46. The predicted molar refractivity (Wildman–Crippen MR) is 79.7 cm³/mol. The number of hydrogen-bond donors (Lipinski definition) is 2. The Bertz CT molecular complexity index is 639. The molecule has 0 radical (unpaired) electrons. The highest BCUT2D eigenvalue weighted by Crippen LogP contribution is 2.25. The van der Waals surface area contributed by atoms with Gasteiger partial charge in [0.1, 0.15) is 5.82 Å². The van der Waals surface area contributed by atoms with Crippen molar-refractivity contribution < 1.29 is 4.79 Å². The van der Waals surface area contributed by atoms with Gasteiger partial charge >= 0.3 is 0 Å². The molecule has 1 aromatic carbocycles. The summed E-state index contributed by atoms with van der Waals surface area (Å²) in [5.74, 6) is 0.608. The lowest BCUT2D eigenvalue weighted by Gasteiger charge is -2.25. The van der Waals surface area contributed by atoms with Crippen molar-refractivity contribution in [3.8, 4) is 0 Å². The molecule has 0 saturated carbocycles. The molecule has 3 rings (SSSR count). The summed E-state index contributed by atoms with van der Waals surface area (Å²) >= 11 is 0. The van der Waals surface area contributed by atoms with Crippen LogP contribution in [0.1, 0.15) is 11.1 Å². The maximum Gasteiger partial charge on any atom is 0.230 e. The molecule has 4 heteroatoms. The number of rotatable bonds is 2. The number of benzene rings is 1. The Hall–Kier alpha value is -2.36. The standard InChI is InChI=1S/C16H17N3O/c1-11-5-4-8-17-15(11)19-16(20)13-9-12-6-2-3-7-14(12)18-10-13/h2-8,13,18H,9-10H2,1H3,(H,17,19,20). The molecule has 2 aromatic rings. The molecular formula is C16H17N3O. The van der Waals surface area contributed by atoms with Crippen LogP contribution in [-0.4, -0.2) is 17.4 Å². The fraction of sp³-hybridized carbons (Fsp3) is 0.250. The third kappa shape index (κ3) is 2.50. The van der Waals surface area contributed by atoms with Crippen molar-refractivity contribution in [3.05, 3.63) is 53.7 Å². The van der Waals surface area contributed by atoms with E-state index in [0.717, 1.165) is 17.7 Å². The van der Waals surface area contributed by atoms with Crippen LogP contribution < -0.4 is 10.6 Å². The number of nitrogens with one attached hydrogen (secondary N) is 2. The molecule has 1 aliphatic rings. The van der Waals surface area contributed by atoms with E-state index in [0.29, 0.717) is 12.4 Å². The van der Waals surface area contributed by atoms with E-state index >= 15 is 0 Å². The minimum atomic E-state index is -0.0636. The summed E-state index contributed by atoms with van der Waals surface area (Å²) in [7, 11) is 0. The summed E-state index contributed by atoms with van der Waals surface area (Å²) in [6, 6.07) is 11.9. The molecule has 1 aliphatic heterocycles. The second-order valence-corrected chi connectivity index (χ2v) is 5.10. The average Bonchev–Trinajstić information content (AvgIpc) is 2.49. The molecule has 1 amide bonds. The van der Waals surface area contributed by atoms with Gasteiger partial charge in [0.15, 0.2) is 0 Å². The molecule has 102 valence electrons. The first kappa shape index (κ1) is 12.7. The number of nitrogens with zero attached hydrogens (tertiary/aromatic N) is 1. The van der Waals surface area contributed by atoms with Crippen molar-refractivity contribution in [3.63, 3.8) is 0 Å². The van der Waals surface area contributed by atoms with Crippen molar-refractivity contribution in [2.75, 3.05) is 17.2 Å². The first-order chi connectivity index (χ1) is 9.74. The average molecular weight is 267 g/mol. The van der Waals surface area contributed by atoms with Crippen LogP contribution in [0.5, 0.6) is 0 Å². The molecule has 0 bridgehead atoms. The lowest BCUT2D eigenvalue weighted by molar-refractivity contribution is -0.119. The van der Waals surface area contributed by atoms with Gasteiger partial charge in [-0.2, -0.15) is 0 Å². The molecule has 0 fully saturated rings. The zero-order chi connectivity index (χ0) is 13.9. The maximum absolute atomic E-state index is 12.3. The van der Waals surface area contributed by atoms with Crippen molar-refractivity contribution in [1.29, 1.82) is 0 Å². The van der Waals surface area contributed by atoms with Gasteiger partial charge in [0.2, 0.25) is 5.91 Å². The number of aromatic nitrogens is 1. The van der Waals surface area contributed by atoms with E-state index < -0.39 is 0 Å². The number of carbonyl (C=O) groups excluding carboxylic acids is 1. The third-order valence-corrected chi connectivity index (χ3v) is 3.64. The van der Waals surface area contributed by atoms with Crippen LogP contribution in [0.3, 0.4) is 0 Å². The molecular weight excluding hydrogens is 250 g/mol. The summed E-state index contributed by atoms with van der Waals surface area (Å²) in [5.41, 5.74) is 3.30. The molecule has 4 nitrogen and oxygen atoms in total. The van der Waals surface area contributed by atoms with Gasteiger partial charge in [0.25, 0.3) is 0 Å². The minimum absolute atomic E-state index is 0.0220. The van der Waals surface area contributed by atoms with E-state index in [-0.39, 0.29) is 11.8 Å². The molecule has 0 spiro atoms. The van der Waals surface area contributed by atoms with Crippen LogP contribution in [0.25, 0.3) is 0 Å². The number of anilines is 2. The lowest BCUT2D eigenvalue weighted by Crippen LogP contribution is -2.34. The van der Waals surface area contributed by atoms with E-state index in [1.807, 2.05) is 37.3 Å². The van der Waals surface area contributed by atoms with Gasteiger partial charge in [0, 0.05) is 18.4 Å². The Morgan fingerprint density at radius 2 is 2.15 bits per heavy atom. The van der Waals surface area contributed by atoms with Gasteiger partial charge in [-0.05, 0) is 36.6 Å². The Labute approximate surface area is 118 Å². The number of pyridine rings is 1. The number of aryl methyl sites for hydroxylation is 1. The normalized spacial score (nSPS) is 16.9. The number of hydrogen-bond acceptors (Lipinski definition) is 3. The molecule has 2 N–H and O–H groups in total. The molecule has 2 heterocycles. The summed E-state index contributed by atoms with van der Waals surface area (Å²) in [6.45, 7) is 2.60. The van der Waals surface area contributed by atoms with Crippen molar-refractivity contribution in [2.45, 2.75) is 13.3 Å². The molecule has 1 atom stereocenters. The fourth-order valence-electron chi connectivity index (χ4n) is 2.46. The lowest BCUT2D eigenvalue weighted by atomic mass is 9.93. The van der Waals surface area contributed by atoms with E-state index in [1.54, 1.807) is 6.20 Å². The molecule has 0 aliphatic carbocycles. The molecule has 1 aromatic heterocycles. The second kappa shape index (κ2) is 5.33. The first-order valence-electron chi connectivity index (χ1n) is 6.78.